The lowest BCUT2D eigenvalue weighted by molar-refractivity contribution is -0.117. The maximum atomic E-state index is 10.8. The van der Waals surface area contributed by atoms with E-state index in [1.807, 2.05) is 0 Å². The molecule has 4 nitrogen and oxygen atoms in total. The van der Waals surface area contributed by atoms with E-state index in [2.05, 4.69) is 13.8 Å². The van der Waals surface area contributed by atoms with Gasteiger partial charge in [0.1, 0.15) is 5.78 Å². The highest BCUT2D eigenvalue weighted by Crippen LogP contribution is 2.40. The zero-order chi connectivity index (χ0) is 12.9. The van der Waals surface area contributed by atoms with Crippen LogP contribution in [-0.2, 0) is 18.4 Å². The van der Waals surface area contributed by atoms with Crippen LogP contribution in [0, 0.1) is 0 Å². The van der Waals surface area contributed by atoms with E-state index in [-0.39, 0.29) is 5.78 Å². The van der Waals surface area contributed by atoms with Crippen molar-refractivity contribution in [3.05, 3.63) is 0 Å². The van der Waals surface area contributed by atoms with E-state index in [0.29, 0.717) is 26.2 Å². The number of ketones is 1. The topological polar surface area (TPSA) is 44.8 Å². The van der Waals surface area contributed by atoms with Gasteiger partial charge in [-0.1, -0.05) is 26.7 Å². The van der Waals surface area contributed by atoms with Crippen LogP contribution in [0.3, 0.4) is 0 Å². The average Bonchev–Trinajstić information content (AvgIpc) is 2.28. The number of hydrogen-bond acceptors (Lipinski definition) is 4. The summed E-state index contributed by atoms with van der Waals surface area (Å²) in [7, 11) is -1.27. The van der Waals surface area contributed by atoms with Gasteiger partial charge in [-0.15, -0.1) is 0 Å². The number of carbonyl (C=O) groups is 1. The monoisotopic (exact) mass is 264 g/mol. The minimum atomic E-state index is -1.27. The summed E-state index contributed by atoms with van der Waals surface area (Å²) < 4.78 is 16.5. The Morgan fingerprint density at radius 3 is 1.82 bits per heavy atom. The zero-order valence-electron chi connectivity index (χ0n) is 11.2. The molecule has 0 fully saturated rings. The van der Waals surface area contributed by atoms with Crippen molar-refractivity contribution in [2.24, 2.45) is 0 Å². The smallest absolute Gasteiger partial charge is 0.312 e. The van der Waals surface area contributed by atoms with Crippen LogP contribution in [0.15, 0.2) is 0 Å². The van der Waals surface area contributed by atoms with Crippen LogP contribution in [0.5, 0.6) is 0 Å². The van der Waals surface area contributed by atoms with Crippen molar-refractivity contribution in [1.29, 1.82) is 0 Å². The molecule has 0 aliphatic carbocycles. The van der Waals surface area contributed by atoms with Crippen molar-refractivity contribution < 1.29 is 18.4 Å². The molecule has 0 aromatic rings. The van der Waals surface area contributed by atoms with E-state index >= 15 is 0 Å². The molecule has 0 aromatic carbocycles. The Morgan fingerprint density at radius 2 is 1.41 bits per heavy atom. The van der Waals surface area contributed by atoms with Crippen molar-refractivity contribution in [3.8, 4) is 0 Å². The van der Waals surface area contributed by atoms with Crippen molar-refractivity contribution in [2.45, 2.75) is 52.9 Å². The van der Waals surface area contributed by atoms with Crippen molar-refractivity contribution in [3.63, 3.8) is 0 Å². The first kappa shape index (κ1) is 17.0. The molecule has 0 radical (unpaired) electrons. The summed E-state index contributed by atoms with van der Waals surface area (Å²) in [4.78, 5) is 10.8. The van der Waals surface area contributed by atoms with Gasteiger partial charge in [-0.25, -0.2) is 0 Å². The fourth-order valence-electron chi connectivity index (χ4n) is 0.943. The molecule has 0 spiro atoms. The first-order valence-electron chi connectivity index (χ1n) is 6.39. The van der Waals surface area contributed by atoms with E-state index in [1.165, 1.54) is 0 Å². The molecule has 0 amide bonds. The first-order valence-corrected chi connectivity index (χ1v) is 7.48. The van der Waals surface area contributed by atoms with E-state index in [9.17, 15) is 4.79 Å². The van der Waals surface area contributed by atoms with Gasteiger partial charge in [0.2, 0.25) is 0 Å². The predicted octanol–water partition coefficient (Wildman–Crippen LogP) is 3.84. The molecule has 0 atom stereocenters. The van der Waals surface area contributed by atoms with Gasteiger partial charge >= 0.3 is 8.60 Å². The van der Waals surface area contributed by atoms with Crippen LogP contribution < -0.4 is 0 Å². The lowest BCUT2D eigenvalue weighted by Gasteiger charge is -2.16. The summed E-state index contributed by atoms with van der Waals surface area (Å²) in [5, 5.41) is 0. The second-order valence-corrected chi connectivity index (χ2v) is 5.10. The standard InChI is InChI=1S/C12H25O4P/c1-4-6-9-14-17(15-10-7-5-2)16-11-8-12(3)13/h4-11H2,1-3H3. The molecule has 0 unspecified atom stereocenters. The van der Waals surface area contributed by atoms with Crippen molar-refractivity contribution in [2.75, 3.05) is 19.8 Å². The maximum absolute atomic E-state index is 10.8. The second kappa shape index (κ2) is 12.4. The molecular formula is C12H25O4P. The first-order chi connectivity index (χ1) is 8.20. The summed E-state index contributed by atoms with van der Waals surface area (Å²) >= 11 is 0. The molecule has 0 aliphatic heterocycles. The van der Waals surface area contributed by atoms with Gasteiger partial charge in [-0.05, 0) is 19.8 Å². The van der Waals surface area contributed by atoms with E-state index in [1.54, 1.807) is 6.92 Å². The maximum Gasteiger partial charge on any atom is 0.332 e. The average molecular weight is 264 g/mol. The van der Waals surface area contributed by atoms with Crippen LogP contribution in [-0.4, -0.2) is 25.6 Å². The third kappa shape index (κ3) is 12.2. The summed E-state index contributed by atoms with van der Waals surface area (Å²) in [6, 6.07) is 0. The third-order valence-corrected chi connectivity index (χ3v) is 3.22. The fourth-order valence-corrected chi connectivity index (χ4v) is 1.96. The number of hydrogen-bond donors (Lipinski definition) is 0. The lowest BCUT2D eigenvalue weighted by Crippen LogP contribution is -2.02. The number of Topliss-reactive ketones (excluding diaryl/α,β-unsaturated/α-hetero) is 1. The van der Waals surface area contributed by atoms with Gasteiger partial charge in [0.15, 0.2) is 0 Å². The Morgan fingerprint density at radius 1 is 0.941 bits per heavy atom. The summed E-state index contributed by atoms with van der Waals surface area (Å²) in [5.41, 5.74) is 0. The van der Waals surface area contributed by atoms with Gasteiger partial charge in [0.25, 0.3) is 0 Å². The molecule has 0 aromatic heterocycles. The molecule has 0 saturated heterocycles. The zero-order valence-corrected chi connectivity index (χ0v) is 12.1. The lowest BCUT2D eigenvalue weighted by atomic mass is 10.3. The third-order valence-electron chi connectivity index (χ3n) is 2.04. The molecule has 0 N–H and O–H groups in total. The molecule has 17 heavy (non-hydrogen) atoms. The van der Waals surface area contributed by atoms with Gasteiger partial charge in [-0.2, -0.15) is 0 Å². The Bertz CT molecular complexity index is 177. The number of unbranched alkanes of at least 4 members (excludes halogenated alkanes) is 2. The fraction of sp³-hybridized carbons (Fsp3) is 0.917. The van der Waals surface area contributed by atoms with Crippen molar-refractivity contribution in [1.82, 2.24) is 0 Å². The van der Waals surface area contributed by atoms with Crippen LogP contribution in [0.25, 0.3) is 0 Å². The van der Waals surface area contributed by atoms with Crippen LogP contribution in [0.4, 0.5) is 0 Å². The Labute approximate surface area is 106 Å². The molecule has 0 rings (SSSR count). The minimum Gasteiger partial charge on any atom is -0.312 e. The molecule has 0 heterocycles. The summed E-state index contributed by atoms with van der Waals surface area (Å²) in [6.07, 6.45) is 4.61. The van der Waals surface area contributed by atoms with Crippen molar-refractivity contribution >= 4 is 14.4 Å². The van der Waals surface area contributed by atoms with Crippen LogP contribution >= 0.6 is 8.60 Å². The summed E-state index contributed by atoms with van der Waals surface area (Å²) in [6.45, 7) is 7.49. The Balaban J connectivity index is 3.71. The van der Waals surface area contributed by atoms with Crippen LogP contribution in [0.2, 0.25) is 0 Å². The molecule has 0 bridgehead atoms. The molecule has 5 heteroatoms. The van der Waals surface area contributed by atoms with Gasteiger partial charge in [0.05, 0.1) is 19.8 Å². The highest BCUT2D eigenvalue weighted by molar-refractivity contribution is 7.41. The van der Waals surface area contributed by atoms with Crippen LogP contribution in [0.1, 0.15) is 52.9 Å². The summed E-state index contributed by atoms with van der Waals surface area (Å²) in [5.74, 6) is 0.127. The molecule has 102 valence electrons. The number of carbonyl (C=O) groups excluding carboxylic acids is 1. The molecular weight excluding hydrogens is 239 g/mol. The van der Waals surface area contributed by atoms with Gasteiger partial charge in [0, 0.05) is 6.42 Å². The Hall–Kier alpha value is -0.0200. The number of rotatable bonds is 12. The SMILES string of the molecule is CCCCOP(OCCCC)OCCC(C)=O. The normalized spacial score (nSPS) is 11.1. The van der Waals surface area contributed by atoms with Gasteiger partial charge in [-0.3, -0.25) is 4.79 Å². The minimum absolute atomic E-state index is 0.127. The quantitative estimate of drug-likeness (QED) is 0.397. The van der Waals surface area contributed by atoms with E-state index in [4.69, 9.17) is 13.6 Å². The molecule has 0 aliphatic rings. The van der Waals surface area contributed by atoms with E-state index < -0.39 is 8.60 Å². The Kier molecular flexibility index (Phi) is 12.4. The molecule has 0 saturated carbocycles. The largest absolute Gasteiger partial charge is 0.332 e. The van der Waals surface area contributed by atoms with Gasteiger partial charge < -0.3 is 13.6 Å². The highest BCUT2D eigenvalue weighted by Gasteiger charge is 2.12. The predicted molar refractivity (Wildman–Crippen MR) is 69.9 cm³/mol. The highest BCUT2D eigenvalue weighted by atomic mass is 31.2. The second-order valence-electron chi connectivity index (χ2n) is 3.88. The van der Waals surface area contributed by atoms with E-state index in [0.717, 1.165) is 25.7 Å².